The summed E-state index contributed by atoms with van der Waals surface area (Å²) in [7, 11) is -1.23. The first kappa shape index (κ1) is 32.6. The van der Waals surface area contributed by atoms with Crippen molar-refractivity contribution in [3.63, 3.8) is 0 Å². The molecule has 2 aliphatic rings. The van der Waals surface area contributed by atoms with Gasteiger partial charge < -0.3 is 10.0 Å². The van der Waals surface area contributed by atoms with Crippen molar-refractivity contribution in [2.75, 3.05) is 25.9 Å². The molecule has 2 aliphatic carbocycles. The Hall–Kier alpha value is -2.32. The van der Waals surface area contributed by atoms with Crippen LogP contribution in [0.4, 0.5) is 13.2 Å². The van der Waals surface area contributed by atoms with Gasteiger partial charge in [-0.25, -0.2) is 21.6 Å². The maximum Gasteiger partial charge on any atom is 0.248 e. The van der Waals surface area contributed by atoms with E-state index in [0.717, 1.165) is 76.4 Å². The second-order valence-corrected chi connectivity index (χ2v) is 14.7. The molecule has 1 fully saturated rings. The summed E-state index contributed by atoms with van der Waals surface area (Å²) in [6.45, 7) is 1.78. The standard InChI is InChI=1S/C34H46F3NO3S/c1-38(23-6-7-24-42(40,41)30-18-20-34(36,37)21-19-30)22-5-3-2-4-10-33-31(26-12-14-28(35)15-13-26)11-8-9-27-25-29(39)16-17-32(27)33/h12-17,25,30,39H,2-11,18-24H2,1H3. The van der Waals surface area contributed by atoms with Crippen molar-refractivity contribution in [3.05, 3.63) is 65.0 Å². The maximum absolute atomic E-state index is 13.6. The molecule has 0 amide bonds. The Morgan fingerprint density at radius 2 is 1.57 bits per heavy atom. The fraction of sp³-hybridized carbons (Fsp3) is 0.588. The van der Waals surface area contributed by atoms with E-state index in [4.69, 9.17) is 0 Å². The fourth-order valence-corrected chi connectivity index (χ4v) is 8.37. The van der Waals surface area contributed by atoms with Crippen LogP contribution < -0.4 is 0 Å². The average molecular weight is 606 g/mol. The molecule has 0 saturated heterocycles. The van der Waals surface area contributed by atoms with E-state index < -0.39 is 21.0 Å². The number of alkyl halides is 2. The van der Waals surface area contributed by atoms with E-state index in [9.17, 15) is 26.7 Å². The van der Waals surface area contributed by atoms with Crippen LogP contribution in [0.5, 0.6) is 5.75 Å². The predicted octanol–water partition coefficient (Wildman–Crippen LogP) is 8.43. The molecule has 0 spiro atoms. The molecule has 0 radical (unpaired) electrons. The average Bonchev–Trinajstić information content (AvgIpc) is 3.12. The highest BCUT2D eigenvalue weighted by molar-refractivity contribution is 7.92. The molecule has 0 aliphatic heterocycles. The van der Waals surface area contributed by atoms with Crippen molar-refractivity contribution < 1.29 is 26.7 Å². The number of aromatic hydroxyl groups is 1. The summed E-state index contributed by atoms with van der Waals surface area (Å²) in [5.41, 5.74) is 6.04. The van der Waals surface area contributed by atoms with E-state index in [1.807, 2.05) is 24.3 Å². The second kappa shape index (κ2) is 14.9. The summed E-state index contributed by atoms with van der Waals surface area (Å²) < 4.78 is 65.5. The third kappa shape index (κ3) is 9.34. The first-order valence-corrected chi connectivity index (χ1v) is 17.3. The van der Waals surface area contributed by atoms with Crippen molar-refractivity contribution >= 4 is 21.0 Å². The number of fused-ring (bicyclic) bond motifs is 1. The predicted molar refractivity (Wildman–Crippen MR) is 165 cm³/mol. The van der Waals surface area contributed by atoms with Gasteiger partial charge in [-0.15, -0.1) is 0 Å². The number of phenols is 1. The highest BCUT2D eigenvalue weighted by Crippen LogP contribution is 2.40. The minimum absolute atomic E-state index is 0.0795. The molecule has 2 aromatic carbocycles. The zero-order valence-electron chi connectivity index (χ0n) is 24.9. The van der Waals surface area contributed by atoms with Crippen LogP contribution in [0.25, 0.3) is 11.1 Å². The van der Waals surface area contributed by atoms with Crippen molar-refractivity contribution in [2.24, 2.45) is 0 Å². The van der Waals surface area contributed by atoms with E-state index in [-0.39, 0.29) is 37.3 Å². The quantitative estimate of drug-likeness (QED) is 0.220. The van der Waals surface area contributed by atoms with Crippen LogP contribution in [0.1, 0.15) is 100 Å². The smallest absolute Gasteiger partial charge is 0.248 e. The number of aryl methyl sites for hydroxylation is 1. The molecule has 42 heavy (non-hydrogen) atoms. The molecule has 232 valence electrons. The molecule has 0 bridgehead atoms. The molecule has 0 unspecified atom stereocenters. The highest BCUT2D eigenvalue weighted by Gasteiger charge is 2.39. The Balaban J connectivity index is 1.20. The maximum atomic E-state index is 13.6. The van der Waals surface area contributed by atoms with Gasteiger partial charge in [-0.3, -0.25) is 0 Å². The molecule has 0 heterocycles. The van der Waals surface area contributed by atoms with Gasteiger partial charge in [0.2, 0.25) is 5.92 Å². The van der Waals surface area contributed by atoms with Gasteiger partial charge in [0.25, 0.3) is 0 Å². The summed E-state index contributed by atoms with van der Waals surface area (Å²) in [5, 5.41) is 9.46. The summed E-state index contributed by atoms with van der Waals surface area (Å²) in [6.07, 6.45) is 8.98. The van der Waals surface area contributed by atoms with Crippen molar-refractivity contribution in [1.29, 1.82) is 0 Å². The van der Waals surface area contributed by atoms with Gasteiger partial charge in [-0.2, -0.15) is 0 Å². The number of hydrogen-bond donors (Lipinski definition) is 1. The van der Waals surface area contributed by atoms with E-state index >= 15 is 0 Å². The monoisotopic (exact) mass is 605 g/mol. The third-order valence-corrected chi connectivity index (χ3v) is 11.3. The Morgan fingerprint density at radius 1 is 0.905 bits per heavy atom. The minimum Gasteiger partial charge on any atom is -0.508 e. The fourth-order valence-electron chi connectivity index (χ4n) is 6.48. The lowest BCUT2D eigenvalue weighted by Gasteiger charge is -2.28. The number of hydrogen-bond acceptors (Lipinski definition) is 4. The van der Waals surface area contributed by atoms with Gasteiger partial charge in [0.15, 0.2) is 9.84 Å². The number of allylic oxidation sites excluding steroid dienone is 2. The van der Waals surface area contributed by atoms with Gasteiger partial charge in [0, 0.05) is 12.8 Å². The zero-order valence-corrected chi connectivity index (χ0v) is 25.7. The third-order valence-electron chi connectivity index (χ3n) is 8.95. The van der Waals surface area contributed by atoms with Gasteiger partial charge in [0.05, 0.1) is 11.0 Å². The molecule has 4 nitrogen and oxygen atoms in total. The second-order valence-electron chi connectivity index (χ2n) is 12.3. The van der Waals surface area contributed by atoms with Crippen molar-refractivity contribution in [1.82, 2.24) is 4.90 Å². The van der Waals surface area contributed by atoms with Gasteiger partial charge >= 0.3 is 0 Å². The molecule has 1 saturated carbocycles. The number of halogens is 3. The lowest BCUT2D eigenvalue weighted by Crippen LogP contribution is -2.34. The van der Waals surface area contributed by atoms with Crippen LogP contribution in [0.15, 0.2) is 42.5 Å². The van der Waals surface area contributed by atoms with E-state index in [2.05, 4.69) is 11.9 Å². The van der Waals surface area contributed by atoms with Crippen molar-refractivity contribution in [2.45, 2.75) is 101 Å². The number of nitrogens with zero attached hydrogens (tertiary/aromatic N) is 1. The van der Waals surface area contributed by atoms with Crippen LogP contribution >= 0.6 is 0 Å². The Bertz CT molecular complexity index is 1300. The van der Waals surface area contributed by atoms with Crippen LogP contribution in [0, 0.1) is 5.82 Å². The lowest BCUT2D eigenvalue weighted by atomic mass is 9.89. The molecule has 8 heteroatoms. The molecule has 1 N–H and O–H groups in total. The number of phenolic OH excluding ortho intramolecular Hbond substituents is 1. The molecule has 0 aromatic heterocycles. The summed E-state index contributed by atoms with van der Waals surface area (Å²) in [4.78, 5) is 2.25. The molecular formula is C34H46F3NO3S. The highest BCUT2D eigenvalue weighted by atomic mass is 32.2. The van der Waals surface area contributed by atoms with Gasteiger partial charge in [-0.1, -0.05) is 31.0 Å². The van der Waals surface area contributed by atoms with E-state index in [1.54, 1.807) is 6.07 Å². The van der Waals surface area contributed by atoms with Gasteiger partial charge in [-0.05, 0) is 136 Å². The van der Waals surface area contributed by atoms with Crippen LogP contribution in [0.3, 0.4) is 0 Å². The number of unbranched alkanes of at least 4 members (excludes halogenated alkanes) is 4. The topological polar surface area (TPSA) is 57.6 Å². The molecular weight excluding hydrogens is 559 g/mol. The minimum atomic E-state index is -3.30. The summed E-state index contributed by atoms with van der Waals surface area (Å²) >= 11 is 0. The summed E-state index contributed by atoms with van der Waals surface area (Å²) in [6, 6.07) is 12.5. The van der Waals surface area contributed by atoms with Crippen LogP contribution in [-0.4, -0.2) is 55.5 Å². The molecule has 2 aromatic rings. The Morgan fingerprint density at radius 3 is 2.29 bits per heavy atom. The van der Waals surface area contributed by atoms with Crippen molar-refractivity contribution in [3.8, 4) is 5.75 Å². The Kier molecular flexibility index (Phi) is 11.6. The summed E-state index contributed by atoms with van der Waals surface area (Å²) in [5.74, 6) is -2.55. The molecule has 4 rings (SSSR count). The number of benzene rings is 2. The zero-order chi connectivity index (χ0) is 30.2. The SMILES string of the molecule is CN(CCCCCCC1=C(c2ccc(F)cc2)CCCc2cc(O)ccc21)CCCCS(=O)(=O)C1CCC(F)(F)CC1. The first-order valence-electron chi connectivity index (χ1n) is 15.6. The Labute approximate surface area is 249 Å². The van der Waals surface area contributed by atoms with E-state index in [1.165, 1.54) is 34.4 Å². The lowest BCUT2D eigenvalue weighted by molar-refractivity contribution is -0.0328. The molecule has 0 atom stereocenters. The normalized spacial score (nSPS) is 17.8. The number of sulfone groups is 1. The first-order chi connectivity index (χ1) is 20.0. The van der Waals surface area contributed by atoms with Gasteiger partial charge in [0.1, 0.15) is 11.6 Å². The largest absolute Gasteiger partial charge is 0.508 e. The number of rotatable bonds is 14. The van der Waals surface area contributed by atoms with E-state index in [0.29, 0.717) is 12.2 Å². The van der Waals surface area contributed by atoms with Crippen LogP contribution in [0.2, 0.25) is 0 Å². The van der Waals surface area contributed by atoms with Crippen LogP contribution in [-0.2, 0) is 16.3 Å².